The molecule has 8 heteroatoms. The van der Waals surface area contributed by atoms with E-state index in [2.05, 4.69) is 39.6 Å². The predicted octanol–water partition coefficient (Wildman–Crippen LogP) is 4.64. The van der Waals surface area contributed by atoms with Crippen LogP contribution < -0.4 is 20.3 Å². The van der Waals surface area contributed by atoms with Crippen molar-refractivity contribution in [1.29, 1.82) is 0 Å². The van der Waals surface area contributed by atoms with Crippen LogP contribution in [0.3, 0.4) is 0 Å². The molecular formula is C25H27N3O4S. The first-order chi connectivity index (χ1) is 16.0. The van der Waals surface area contributed by atoms with Gasteiger partial charge in [0, 0.05) is 18.1 Å². The first-order valence-corrected chi connectivity index (χ1v) is 11.9. The first kappa shape index (κ1) is 22.9. The first-order valence-electron chi connectivity index (χ1n) is 10.9. The van der Waals surface area contributed by atoms with E-state index in [1.165, 1.54) is 17.3 Å². The third kappa shape index (κ3) is 5.22. The van der Waals surface area contributed by atoms with E-state index in [1.54, 1.807) is 7.11 Å². The average Bonchev–Trinajstić information content (AvgIpc) is 2.81. The summed E-state index contributed by atoms with van der Waals surface area (Å²) in [6, 6.07) is 13.7. The number of anilines is 1. The monoisotopic (exact) mass is 465 g/mol. The van der Waals surface area contributed by atoms with E-state index in [4.69, 9.17) is 9.47 Å². The maximum atomic E-state index is 13.1. The van der Waals surface area contributed by atoms with E-state index in [-0.39, 0.29) is 17.9 Å². The van der Waals surface area contributed by atoms with Crippen molar-refractivity contribution in [2.24, 2.45) is 0 Å². The lowest BCUT2D eigenvalue weighted by molar-refractivity contribution is -0.116. The summed E-state index contributed by atoms with van der Waals surface area (Å²) in [7, 11) is 1.57. The van der Waals surface area contributed by atoms with Crippen LogP contribution in [0.25, 0.3) is 0 Å². The molecule has 33 heavy (non-hydrogen) atoms. The Labute approximate surface area is 196 Å². The molecule has 2 aromatic carbocycles. The quantitative estimate of drug-likeness (QED) is 0.372. The summed E-state index contributed by atoms with van der Waals surface area (Å²) >= 11 is 1.43. The Kier molecular flexibility index (Phi) is 7.03. The van der Waals surface area contributed by atoms with Gasteiger partial charge in [0.2, 0.25) is 5.91 Å². The number of carbonyl (C=O) groups is 1. The molecule has 0 unspecified atom stereocenters. The summed E-state index contributed by atoms with van der Waals surface area (Å²) in [6.45, 7) is 4.65. The van der Waals surface area contributed by atoms with Crippen LogP contribution in [0, 0.1) is 6.92 Å². The van der Waals surface area contributed by atoms with E-state index < -0.39 is 5.92 Å². The smallest absolute Gasteiger partial charge is 0.257 e. The van der Waals surface area contributed by atoms with Crippen molar-refractivity contribution >= 4 is 23.5 Å². The topological polar surface area (TPSA) is 93.3 Å². The van der Waals surface area contributed by atoms with Gasteiger partial charge >= 0.3 is 0 Å². The Morgan fingerprint density at radius 1 is 1.12 bits per heavy atom. The van der Waals surface area contributed by atoms with Crippen molar-refractivity contribution in [2.45, 2.75) is 43.5 Å². The molecule has 0 bridgehead atoms. The normalized spacial score (nSPS) is 15.0. The number of fused-ring (bicyclic) bond motifs is 1. The molecule has 0 spiro atoms. The van der Waals surface area contributed by atoms with Gasteiger partial charge in [-0.2, -0.15) is 0 Å². The number of H-pyrrole nitrogens is 1. The van der Waals surface area contributed by atoms with Crippen LogP contribution in [0.4, 0.5) is 5.82 Å². The molecule has 3 aromatic rings. The fourth-order valence-electron chi connectivity index (χ4n) is 3.77. The second-order valence-electron chi connectivity index (χ2n) is 7.97. The number of amides is 1. The second kappa shape index (κ2) is 10.1. The van der Waals surface area contributed by atoms with Gasteiger partial charge in [-0.1, -0.05) is 54.6 Å². The molecule has 1 atom stereocenters. The standard InChI is InChI=1S/C25H27N3O4S/c1-4-11-32-19-10-9-17(12-20(19)31-3)18-13-21(29)26-23-22(18)24(30)28-25(27-23)33-14-16-7-5-15(2)6-8-16/h5-10,12,18H,4,11,13-14H2,1-3H3,(H2,26,27,28,29,30)/t18-/m0/s1. The number of aromatic amines is 1. The molecule has 1 aliphatic rings. The van der Waals surface area contributed by atoms with Gasteiger partial charge < -0.3 is 19.8 Å². The van der Waals surface area contributed by atoms with Crippen LogP contribution in [-0.2, 0) is 10.5 Å². The Balaban J connectivity index is 1.62. The van der Waals surface area contributed by atoms with Gasteiger partial charge in [-0.05, 0) is 36.6 Å². The maximum absolute atomic E-state index is 13.1. The van der Waals surface area contributed by atoms with Crippen molar-refractivity contribution in [3.63, 3.8) is 0 Å². The lowest BCUT2D eigenvalue weighted by Crippen LogP contribution is -2.31. The molecule has 1 amide bonds. The molecule has 0 saturated heterocycles. The van der Waals surface area contributed by atoms with Gasteiger partial charge in [0.15, 0.2) is 16.7 Å². The summed E-state index contributed by atoms with van der Waals surface area (Å²) in [5.74, 6) is 1.59. The highest BCUT2D eigenvalue weighted by atomic mass is 32.2. The number of carbonyl (C=O) groups excluding carboxylic acids is 1. The van der Waals surface area contributed by atoms with Gasteiger partial charge in [0.1, 0.15) is 5.82 Å². The summed E-state index contributed by atoms with van der Waals surface area (Å²) < 4.78 is 11.2. The number of nitrogens with one attached hydrogen (secondary N) is 2. The van der Waals surface area contributed by atoms with Crippen molar-refractivity contribution in [2.75, 3.05) is 19.0 Å². The lowest BCUT2D eigenvalue weighted by Gasteiger charge is -2.25. The molecule has 0 radical (unpaired) electrons. The van der Waals surface area contributed by atoms with E-state index in [9.17, 15) is 9.59 Å². The summed E-state index contributed by atoms with van der Waals surface area (Å²) in [5.41, 5.74) is 3.34. The molecule has 1 aromatic heterocycles. The second-order valence-corrected chi connectivity index (χ2v) is 8.94. The number of nitrogens with zero attached hydrogens (tertiary/aromatic N) is 1. The van der Waals surface area contributed by atoms with E-state index in [0.717, 1.165) is 17.5 Å². The minimum atomic E-state index is -0.421. The molecule has 2 heterocycles. The largest absolute Gasteiger partial charge is 0.493 e. The zero-order valence-electron chi connectivity index (χ0n) is 18.9. The third-order valence-electron chi connectivity index (χ3n) is 5.48. The zero-order chi connectivity index (χ0) is 23.4. The maximum Gasteiger partial charge on any atom is 0.257 e. The molecule has 4 rings (SSSR count). The van der Waals surface area contributed by atoms with Gasteiger partial charge in [0.05, 0.1) is 19.3 Å². The highest BCUT2D eigenvalue weighted by Gasteiger charge is 2.31. The van der Waals surface area contributed by atoms with Gasteiger partial charge in [0.25, 0.3) is 5.56 Å². The number of benzene rings is 2. The molecule has 1 aliphatic heterocycles. The Bertz CT molecular complexity index is 1210. The Morgan fingerprint density at radius 2 is 1.91 bits per heavy atom. The van der Waals surface area contributed by atoms with Crippen LogP contribution in [0.1, 0.15) is 47.9 Å². The number of ether oxygens (including phenoxy) is 2. The van der Waals surface area contributed by atoms with Crippen molar-refractivity contribution in [3.8, 4) is 11.5 Å². The number of thioether (sulfide) groups is 1. The molecule has 172 valence electrons. The molecule has 0 aliphatic carbocycles. The highest BCUT2D eigenvalue weighted by Crippen LogP contribution is 2.38. The fraction of sp³-hybridized carbons (Fsp3) is 0.320. The number of hydrogen-bond donors (Lipinski definition) is 2. The van der Waals surface area contributed by atoms with Crippen LogP contribution >= 0.6 is 11.8 Å². The van der Waals surface area contributed by atoms with Gasteiger partial charge in [-0.15, -0.1) is 0 Å². The van der Waals surface area contributed by atoms with Crippen LogP contribution in [0.5, 0.6) is 11.5 Å². The average molecular weight is 466 g/mol. The number of aromatic nitrogens is 2. The number of methoxy groups -OCH3 is 1. The van der Waals surface area contributed by atoms with Gasteiger partial charge in [-0.3, -0.25) is 9.59 Å². The Hall–Kier alpha value is -3.26. The lowest BCUT2D eigenvalue weighted by atomic mass is 9.86. The molecule has 2 N–H and O–H groups in total. The van der Waals surface area contributed by atoms with E-state index >= 15 is 0 Å². The minimum absolute atomic E-state index is 0.159. The molecule has 0 saturated carbocycles. The number of rotatable bonds is 8. The highest BCUT2D eigenvalue weighted by molar-refractivity contribution is 7.98. The van der Waals surface area contributed by atoms with E-state index in [1.807, 2.05) is 32.0 Å². The van der Waals surface area contributed by atoms with Gasteiger partial charge in [-0.25, -0.2) is 4.98 Å². The van der Waals surface area contributed by atoms with Crippen molar-refractivity contribution in [3.05, 3.63) is 75.1 Å². The predicted molar refractivity (Wildman–Crippen MR) is 129 cm³/mol. The Morgan fingerprint density at radius 3 is 2.64 bits per heavy atom. The summed E-state index contributed by atoms with van der Waals surface area (Å²) in [4.78, 5) is 33.0. The molecule has 7 nitrogen and oxygen atoms in total. The van der Waals surface area contributed by atoms with Crippen LogP contribution in [0.2, 0.25) is 0 Å². The number of aryl methyl sites for hydroxylation is 1. The number of hydrogen-bond acceptors (Lipinski definition) is 6. The SMILES string of the molecule is CCCOc1ccc([C@@H]2CC(=O)Nc3nc(SCc4ccc(C)cc4)[nH]c(=O)c32)cc1OC. The molecule has 0 fully saturated rings. The van der Waals surface area contributed by atoms with Crippen molar-refractivity contribution in [1.82, 2.24) is 9.97 Å². The van der Waals surface area contributed by atoms with Crippen LogP contribution in [0.15, 0.2) is 52.4 Å². The minimum Gasteiger partial charge on any atom is -0.493 e. The van der Waals surface area contributed by atoms with Crippen LogP contribution in [-0.4, -0.2) is 29.6 Å². The summed E-state index contributed by atoms with van der Waals surface area (Å²) in [6.07, 6.45) is 1.04. The zero-order valence-corrected chi connectivity index (χ0v) is 19.8. The fourth-order valence-corrected chi connectivity index (χ4v) is 4.59. The third-order valence-corrected chi connectivity index (χ3v) is 6.42. The van der Waals surface area contributed by atoms with Crippen molar-refractivity contribution < 1.29 is 14.3 Å². The molecular weight excluding hydrogens is 438 g/mol. The van der Waals surface area contributed by atoms with E-state index in [0.29, 0.717) is 40.4 Å². The summed E-state index contributed by atoms with van der Waals surface area (Å²) in [5, 5.41) is 3.25.